The SMILES string of the molecule is C=CC1=C(/C=C\C)C(C)c2ccccc2P1.CC.CC. The van der Waals surface area contributed by atoms with Gasteiger partial charge in [-0.1, -0.05) is 92.3 Å². The summed E-state index contributed by atoms with van der Waals surface area (Å²) < 4.78 is 0. The molecule has 1 aromatic carbocycles. The number of allylic oxidation sites excluding steroid dienone is 5. The largest absolute Gasteiger partial charge is 0.0984 e. The quantitative estimate of drug-likeness (QED) is 0.570. The van der Waals surface area contributed by atoms with Crippen molar-refractivity contribution in [2.75, 3.05) is 0 Å². The van der Waals surface area contributed by atoms with Crippen LogP contribution in [0.15, 0.2) is 60.0 Å². The molecule has 1 aliphatic heterocycles. The van der Waals surface area contributed by atoms with E-state index in [1.165, 1.54) is 21.8 Å². The Balaban J connectivity index is 0.000000829. The molecule has 0 aromatic heterocycles. The third-order valence-electron chi connectivity index (χ3n) is 3.02. The van der Waals surface area contributed by atoms with Crippen LogP contribution in [-0.2, 0) is 0 Å². The van der Waals surface area contributed by atoms with Crippen LogP contribution in [0.25, 0.3) is 0 Å². The van der Waals surface area contributed by atoms with Crippen molar-refractivity contribution in [2.45, 2.75) is 47.5 Å². The van der Waals surface area contributed by atoms with E-state index in [1.54, 1.807) is 0 Å². The van der Waals surface area contributed by atoms with Gasteiger partial charge in [0.1, 0.15) is 0 Å². The lowest BCUT2D eigenvalue weighted by molar-refractivity contribution is 0.922. The van der Waals surface area contributed by atoms with Gasteiger partial charge in [0, 0.05) is 5.92 Å². The Labute approximate surface area is 127 Å². The second-order valence-electron chi connectivity index (χ2n) is 4.01. The van der Waals surface area contributed by atoms with E-state index in [9.17, 15) is 0 Å². The smallest absolute Gasteiger partial charge is 0.00735 e. The highest BCUT2D eigenvalue weighted by Gasteiger charge is 2.21. The molecule has 0 spiro atoms. The van der Waals surface area contributed by atoms with Crippen LogP contribution in [0, 0.1) is 0 Å². The second kappa shape index (κ2) is 10.6. The van der Waals surface area contributed by atoms with Crippen LogP contribution in [-0.4, -0.2) is 0 Å². The molecule has 1 heterocycles. The Morgan fingerprint density at radius 1 is 1.10 bits per heavy atom. The van der Waals surface area contributed by atoms with Gasteiger partial charge in [-0.05, 0) is 28.7 Å². The summed E-state index contributed by atoms with van der Waals surface area (Å²) >= 11 is 0. The van der Waals surface area contributed by atoms with Crippen LogP contribution in [0.2, 0.25) is 0 Å². The highest BCUT2D eigenvalue weighted by Crippen LogP contribution is 2.41. The van der Waals surface area contributed by atoms with Gasteiger partial charge in [0.05, 0.1) is 0 Å². The zero-order valence-corrected chi connectivity index (χ0v) is 14.8. The average Bonchev–Trinajstić information content (AvgIpc) is 2.54. The summed E-state index contributed by atoms with van der Waals surface area (Å²) in [5.41, 5.74) is 2.90. The van der Waals surface area contributed by atoms with Crippen molar-refractivity contribution >= 4 is 13.9 Å². The zero-order chi connectivity index (χ0) is 15.5. The lowest BCUT2D eigenvalue weighted by Gasteiger charge is -2.25. The van der Waals surface area contributed by atoms with Crippen molar-refractivity contribution in [2.24, 2.45) is 0 Å². The molecule has 2 atom stereocenters. The molecule has 0 amide bonds. The van der Waals surface area contributed by atoms with E-state index in [2.05, 4.69) is 56.8 Å². The van der Waals surface area contributed by atoms with Crippen LogP contribution in [0.4, 0.5) is 0 Å². The van der Waals surface area contributed by atoms with Crippen LogP contribution >= 0.6 is 8.58 Å². The molecular weight excluding hydrogens is 259 g/mol. The summed E-state index contributed by atoms with van der Waals surface area (Å²) in [5, 5.41) is 2.86. The molecular formula is C19H29P. The summed E-state index contributed by atoms with van der Waals surface area (Å²) in [6, 6.07) is 8.74. The maximum Gasteiger partial charge on any atom is 0.00735 e. The molecule has 0 fully saturated rings. The van der Waals surface area contributed by atoms with Gasteiger partial charge in [0.2, 0.25) is 0 Å². The Kier molecular flexibility index (Phi) is 10.0. The fraction of sp³-hybridized carbons (Fsp3) is 0.368. The minimum atomic E-state index is 0.488. The molecule has 1 aromatic rings. The van der Waals surface area contributed by atoms with E-state index in [4.69, 9.17) is 0 Å². The van der Waals surface area contributed by atoms with Gasteiger partial charge in [-0.3, -0.25) is 0 Å². The van der Waals surface area contributed by atoms with E-state index in [0.717, 1.165) is 8.58 Å². The Bertz CT molecular complexity index is 466. The van der Waals surface area contributed by atoms with Gasteiger partial charge < -0.3 is 0 Å². The molecule has 1 heteroatoms. The number of rotatable bonds is 2. The molecule has 20 heavy (non-hydrogen) atoms. The van der Waals surface area contributed by atoms with Crippen molar-refractivity contribution in [3.05, 3.63) is 65.5 Å². The Morgan fingerprint density at radius 3 is 2.25 bits per heavy atom. The first-order valence-electron chi connectivity index (χ1n) is 7.63. The highest BCUT2D eigenvalue weighted by molar-refractivity contribution is 7.52. The van der Waals surface area contributed by atoms with Gasteiger partial charge in [0.25, 0.3) is 0 Å². The summed E-state index contributed by atoms with van der Waals surface area (Å²) in [6.07, 6.45) is 6.36. The molecule has 0 N–H and O–H groups in total. The first-order chi connectivity index (χ1) is 9.77. The van der Waals surface area contributed by atoms with Crippen molar-refractivity contribution in [1.29, 1.82) is 0 Å². The Morgan fingerprint density at radius 2 is 1.70 bits per heavy atom. The maximum absolute atomic E-state index is 3.94. The zero-order valence-electron chi connectivity index (χ0n) is 13.8. The van der Waals surface area contributed by atoms with Crippen molar-refractivity contribution < 1.29 is 0 Å². The highest BCUT2D eigenvalue weighted by atomic mass is 31.1. The van der Waals surface area contributed by atoms with Gasteiger partial charge in [0.15, 0.2) is 0 Å². The maximum atomic E-state index is 3.94. The summed E-state index contributed by atoms with van der Waals surface area (Å²) in [5.74, 6) is 0.488. The molecule has 0 saturated carbocycles. The minimum absolute atomic E-state index is 0.488. The van der Waals surface area contributed by atoms with Crippen molar-refractivity contribution in [1.82, 2.24) is 0 Å². The van der Waals surface area contributed by atoms with E-state index in [0.29, 0.717) is 5.92 Å². The molecule has 0 radical (unpaired) electrons. The number of fused-ring (bicyclic) bond motifs is 1. The standard InChI is InChI=1S/C15H17P.2C2H6/c1-4-8-12-11(3)13-9-6-7-10-15(13)16-14(12)5-2;2*1-2/h4-11,16H,2H2,1,3H3;2*1-2H3/b8-4-;;. The second-order valence-corrected chi connectivity index (χ2v) is 5.33. The predicted octanol–water partition coefficient (Wildman–Crippen LogP) is 6.18. The van der Waals surface area contributed by atoms with E-state index in [-0.39, 0.29) is 0 Å². The summed E-state index contributed by atoms with van der Waals surface area (Å²) in [4.78, 5) is 0. The molecule has 0 saturated heterocycles. The molecule has 110 valence electrons. The first-order valence-corrected chi connectivity index (χ1v) is 8.63. The fourth-order valence-electron chi connectivity index (χ4n) is 2.19. The third kappa shape index (κ3) is 4.46. The molecule has 0 bridgehead atoms. The minimum Gasteiger partial charge on any atom is -0.0984 e. The van der Waals surface area contributed by atoms with Gasteiger partial charge in [-0.25, -0.2) is 0 Å². The topological polar surface area (TPSA) is 0 Å². The van der Waals surface area contributed by atoms with Crippen LogP contribution in [0.5, 0.6) is 0 Å². The molecule has 0 aliphatic carbocycles. The molecule has 0 nitrogen and oxygen atoms in total. The van der Waals surface area contributed by atoms with E-state index < -0.39 is 0 Å². The fourth-order valence-corrected chi connectivity index (χ4v) is 3.65. The van der Waals surface area contributed by atoms with Gasteiger partial charge in [-0.2, -0.15) is 0 Å². The van der Waals surface area contributed by atoms with Crippen LogP contribution < -0.4 is 5.30 Å². The number of hydrogen-bond acceptors (Lipinski definition) is 0. The van der Waals surface area contributed by atoms with Crippen molar-refractivity contribution in [3.63, 3.8) is 0 Å². The van der Waals surface area contributed by atoms with Gasteiger partial charge >= 0.3 is 0 Å². The molecule has 1 aliphatic rings. The average molecular weight is 288 g/mol. The first kappa shape index (κ1) is 18.9. The molecule has 2 rings (SSSR count). The monoisotopic (exact) mass is 288 g/mol. The van der Waals surface area contributed by atoms with Crippen molar-refractivity contribution in [3.8, 4) is 0 Å². The van der Waals surface area contributed by atoms with Crippen LogP contribution in [0.1, 0.15) is 53.0 Å². The summed E-state index contributed by atoms with van der Waals surface area (Å²) in [7, 11) is 0.750. The molecule has 2 unspecified atom stereocenters. The third-order valence-corrected chi connectivity index (χ3v) is 4.51. The lowest BCUT2D eigenvalue weighted by atomic mass is 9.91. The predicted molar refractivity (Wildman–Crippen MR) is 97.5 cm³/mol. The van der Waals surface area contributed by atoms with E-state index in [1.807, 2.05) is 33.8 Å². The lowest BCUT2D eigenvalue weighted by Crippen LogP contribution is -2.14. The number of benzene rings is 1. The van der Waals surface area contributed by atoms with E-state index >= 15 is 0 Å². The summed E-state index contributed by atoms with van der Waals surface area (Å²) in [6.45, 7) is 16.3. The number of hydrogen-bond donors (Lipinski definition) is 0. The Hall–Kier alpha value is -1.13. The van der Waals surface area contributed by atoms with Crippen LogP contribution in [0.3, 0.4) is 0 Å². The normalized spacial score (nSPS) is 17.8. The van der Waals surface area contributed by atoms with Gasteiger partial charge in [-0.15, -0.1) is 0 Å².